The summed E-state index contributed by atoms with van der Waals surface area (Å²) in [4.78, 5) is 15.9. The summed E-state index contributed by atoms with van der Waals surface area (Å²) in [5.74, 6) is -0.455. The van der Waals surface area contributed by atoms with Crippen molar-refractivity contribution in [1.82, 2.24) is 14.1 Å². The Hall–Kier alpha value is -3.28. The maximum absolute atomic E-state index is 12.8. The molecule has 0 spiro atoms. The SMILES string of the molecule is CC(C)Nc1cnccc1Cn1cc(O)n(-c2ccc(S(=O)(=O)C(F)(F)F)cc2)c1=O. The van der Waals surface area contributed by atoms with Crippen molar-refractivity contribution >= 4 is 15.5 Å². The number of sulfone groups is 1. The molecule has 0 saturated heterocycles. The van der Waals surface area contributed by atoms with Crippen molar-refractivity contribution < 1.29 is 26.7 Å². The number of alkyl halides is 3. The number of aromatic nitrogens is 3. The highest BCUT2D eigenvalue weighted by atomic mass is 32.2. The molecule has 0 aliphatic carbocycles. The van der Waals surface area contributed by atoms with Gasteiger partial charge in [0.2, 0.25) is 5.88 Å². The number of nitrogens with one attached hydrogen (secondary N) is 1. The molecule has 3 rings (SSSR count). The fraction of sp³-hybridized carbons (Fsp3) is 0.263. The molecule has 0 bridgehead atoms. The van der Waals surface area contributed by atoms with E-state index in [0.29, 0.717) is 5.69 Å². The van der Waals surface area contributed by atoms with Crippen LogP contribution in [0.2, 0.25) is 0 Å². The van der Waals surface area contributed by atoms with E-state index in [1.54, 1.807) is 18.5 Å². The molecule has 0 saturated carbocycles. The lowest BCUT2D eigenvalue weighted by Gasteiger charge is -2.14. The van der Waals surface area contributed by atoms with Gasteiger partial charge in [0.05, 0.1) is 35.2 Å². The van der Waals surface area contributed by atoms with Crippen LogP contribution in [0.5, 0.6) is 5.88 Å². The zero-order valence-corrected chi connectivity index (χ0v) is 17.3. The summed E-state index contributed by atoms with van der Waals surface area (Å²) in [5, 5.41) is 13.4. The minimum absolute atomic E-state index is 0.0117. The fourth-order valence-electron chi connectivity index (χ4n) is 2.93. The van der Waals surface area contributed by atoms with Gasteiger partial charge in [-0.15, -0.1) is 0 Å². The van der Waals surface area contributed by atoms with Gasteiger partial charge in [0.25, 0.3) is 9.84 Å². The highest BCUT2D eigenvalue weighted by Gasteiger charge is 2.46. The summed E-state index contributed by atoms with van der Waals surface area (Å²) in [7, 11) is -5.51. The summed E-state index contributed by atoms with van der Waals surface area (Å²) in [5.41, 5.74) is -4.65. The van der Waals surface area contributed by atoms with Crippen LogP contribution in [0.4, 0.5) is 18.9 Å². The van der Waals surface area contributed by atoms with Crippen LogP contribution in [0.15, 0.2) is 58.6 Å². The van der Waals surface area contributed by atoms with E-state index in [2.05, 4.69) is 10.3 Å². The number of benzene rings is 1. The van der Waals surface area contributed by atoms with Crippen LogP contribution in [0, 0.1) is 0 Å². The molecule has 0 unspecified atom stereocenters. The van der Waals surface area contributed by atoms with Gasteiger partial charge >= 0.3 is 11.2 Å². The summed E-state index contributed by atoms with van der Waals surface area (Å²) in [6.07, 6.45) is 4.35. The minimum Gasteiger partial charge on any atom is -0.493 e. The Bertz CT molecular complexity index is 1250. The maximum Gasteiger partial charge on any atom is 0.501 e. The lowest BCUT2D eigenvalue weighted by molar-refractivity contribution is -0.0436. The van der Waals surface area contributed by atoms with Gasteiger partial charge in [-0.1, -0.05) is 0 Å². The molecular formula is C19H19F3N4O4S. The van der Waals surface area contributed by atoms with Crippen LogP contribution >= 0.6 is 0 Å². The maximum atomic E-state index is 12.8. The number of hydrogen-bond acceptors (Lipinski definition) is 6. The molecule has 31 heavy (non-hydrogen) atoms. The van der Waals surface area contributed by atoms with E-state index in [1.165, 1.54) is 10.8 Å². The Kier molecular flexibility index (Phi) is 5.85. The first-order chi connectivity index (χ1) is 14.4. The largest absolute Gasteiger partial charge is 0.501 e. The number of rotatable bonds is 6. The van der Waals surface area contributed by atoms with Gasteiger partial charge in [0.1, 0.15) is 0 Å². The Labute approximate surface area is 175 Å². The number of halogens is 3. The monoisotopic (exact) mass is 456 g/mol. The van der Waals surface area contributed by atoms with Gasteiger partial charge in [0, 0.05) is 12.2 Å². The van der Waals surface area contributed by atoms with Gasteiger partial charge in [-0.3, -0.25) is 9.55 Å². The molecular weight excluding hydrogens is 437 g/mol. The number of hydrogen-bond donors (Lipinski definition) is 2. The Balaban J connectivity index is 1.96. The Morgan fingerprint density at radius 3 is 2.39 bits per heavy atom. The second-order valence-electron chi connectivity index (χ2n) is 7.01. The van der Waals surface area contributed by atoms with Crippen molar-refractivity contribution in [3.63, 3.8) is 0 Å². The van der Waals surface area contributed by atoms with E-state index < -0.39 is 31.8 Å². The molecule has 0 amide bonds. The topological polar surface area (TPSA) is 106 Å². The molecule has 8 nitrogen and oxygen atoms in total. The predicted molar refractivity (Wildman–Crippen MR) is 107 cm³/mol. The van der Waals surface area contributed by atoms with Crippen molar-refractivity contribution in [2.45, 2.75) is 36.8 Å². The van der Waals surface area contributed by atoms with Crippen LogP contribution < -0.4 is 11.0 Å². The quantitative estimate of drug-likeness (QED) is 0.591. The van der Waals surface area contributed by atoms with Crippen LogP contribution in [-0.2, 0) is 16.4 Å². The first kappa shape index (κ1) is 22.4. The standard InChI is InChI=1S/C19H19F3N4O4S/c1-12(2)24-16-9-23-8-7-13(16)10-25-11-17(27)26(18(25)28)14-3-5-15(6-4-14)31(29,30)19(20,21)22/h3-9,11-12,24,27H,10H2,1-2H3. The van der Waals surface area contributed by atoms with E-state index in [9.17, 15) is 31.5 Å². The molecule has 0 fully saturated rings. The molecule has 166 valence electrons. The highest BCUT2D eigenvalue weighted by molar-refractivity contribution is 7.92. The fourth-order valence-corrected chi connectivity index (χ4v) is 3.69. The van der Waals surface area contributed by atoms with Gasteiger partial charge in [-0.2, -0.15) is 13.2 Å². The molecule has 1 aromatic carbocycles. The Morgan fingerprint density at radius 2 is 1.81 bits per heavy atom. The molecule has 0 aliphatic heterocycles. The minimum atomic E-state index is -5.51. The second-order valence-corrected chi connectivity index (χ2v) is 8.95. The number of pyridine rings is 1. The van der Waals surface area contributed by atoms with Crippen LogP contribution in [0.25, 0.3) is 5.69 Å². The molecule has 12 heteroatoms. The molecule has 0 radical (unpaired) electrons. The average molecular weight is 456 g/mol. The van der Waals surface area contributed by atoms with Crippen molar-refractivity contribution in [3.8, 4) is 11.6 Å². The summed E-state index contributed by atoms with van der Waals surface area (Å²) in [6.45, 7) is 3.97. The second kappa shape index (κ2) is 8.10. The zero-order chi connectivity index (χ0) is 23.0. The lowest BCUT2D eigenvalue weighted by atomic mass is 10.2. The van der Waals surface area contributed by atoms with Crippen LogP contribution in [0.3, 0.4) is 0 Å². The van der Waals surface area contributed by atoms with Gasteiger partial charge in [-0.05, 0) is 49.7 Å². The van der Waals surface area contributed by atoms with E-state index in [-0.39, 0.29) is 18.3 Å². The number of nitrogens with zero attached hydrogens (tertiary/aromatic N) is 3. The van der Waals surface area contributed by atoms with Gasteiger partial charge in [-0.25, -0.2) is 17.8 Å². The molecule has 3 aromatic rings. The van der Waals surface area contributed by atoms with Crippen molar-refractivity contribution in [2.24, 2.45) is 0 Å². The van der Waals surface area contributed by atoms with Gasteiger partial charge in [0.15, 0.2) is 0 Å². The van der Waals surface area contributed by atoms with Crippen molar-refractivity contribution in [2.75, 3.05) is 5.32 Å². The summed E-state index contributed by atoms with van der Waals surface area (Å²) < 4.78 is 63.2. The highest BCUT2D eigenvalue weighted by Crippen LogP contribution is 2.30. The number of imidazole rings is 1. The predicted octanol–water partition coefficient (Wildman–Crippen LogP) is 2.90. The zero-order valence-electron chi connectivity index (χ0n) is 16.5. The van der Waals surface area contributed by atoms with Gasteiger partial charge < -0.3 is 10.4 Å². The third-order valence-corrected chi connectivity index (χ3v) is 5.85. The van der Waals surface area contributed by atoms with Crippen molar-refractivity contribution in [3.05, 3.63) is 65.0 Å². The van der Waals surface area contributed by atoms with E-state index in [0.717, 1.165) is 34.4 Å². The van der Waals surface area contributed by atoms with Crippen LogP contribution in [0.1, 0.15) is 19.4 Å². The summed E-state index contributed by atoms with van der Waals surface area (Å²) in [6, 6.07) is 5.32. The first-order valence-corrected chi connectivity index (χ1v) is 10.5. The first-order valence-electron chi connectivity index (χ1n) is 9.04. The van der Waals surface area contributed by atoms with Crippen molar-refractivity contribution in [1.29, 1.82) is 0 Å². The van der Waals surface area contributed by atoms with E-state index in [4.69, 9.17) is 0 Å². The van der Waals surface area contributed by atoms with E-state index >= 15 is 0 Å². The Morgan fingerprint density at radius 1 is 1.16 bits per heavy atom. The number of anilines is 1. The molecule has 2 N–H and O–H groups in total. The molecule has 0 aliphatic rings. The third kappa shape index (κ3) is 4.43. The third-order valence-electron chi connectivity index (χ3n) is 4.34. The average Bonchev–Trinajstić information content (AvgIpc) is 2.95. The summed E-state index contributed by atoms with van der Waals surface area (Å²) >= 11 is 0. The smallest absolute Gasteiger partial charge is 0.493 e. The number of aromatic hydroxyl groups is 1. The molecule has 2 aromatic heterocycles. The normalized spacial score (nSPS) is 12.3. The molecule has 0 atom stereocenters. The van der Waals surface area contributed by atoms with Crippen LogP contribution in [-0.4, -0.2) is 39.2 Å². The molecule has 2 heterocycles. The van der Waals surface area contributed by atoms with E-state index in [1.807, 2.05) is 13.8 Å². The lowest BCUT2D eigenvalue weighted by Crippen LogP contribution is -2.25.